The molecule has 1 N–H and O–H groups in total. The average molecular weight is 302 g/mol. The minimum atomic E-state index is -0.472. The molecule has 1 aromatic rings. The van der Waals surface area contributed by atoms with E-state index in [1.54, 1.807) is 0 Å². The van der Waals surface area contributed by atoms with Crippen molar-refractivity contribution in [3.05, 3.63) is 42.2 Å². The first-order valence-corrected chi connectivity index (χ1v) is 7.12. The van der Waals surface area contributed by atoms with Gasteiger partial charge in [0, 0.05) is 5.69 Å². The Balaban J connectivity index is 1.65. The highest BCUT2D eigenvalue weighted by Gasteiger charge is 2.47. The van der Waals surface area contributed by atoms with Gasteiger partial charge in [0.05, 0.1) is 11.8 Å². The number of hydrogen-bond acceptors (Lipinski definition) is 3. The summed E-state index contributed by atoms with van der Waals surface area (Å²) in [5.74, 6) is -2.12. The summed E-state index contributed by atoms with van der Waals surface area (Å²) >= 11 is 0. The predicted molar refractivity (Wildman–Crippen MR) is 77.1 cm³/mol. The Morgan fingerprint density at radius 1 is 1.09 bits per heavy atom. The Morgan fingerprint density at radius 3 is 2.18 bits per heavy atom. The number of halogens is 1. The van der Waals surface area contributed by atoms with E-state index in [4.69, 9.17) is 0 Å². The number of nitrogens with one attached hydrogen (secondary N) is 1. The molecule has 114 valence electrons. The van der Waals surface area contributed by atoms with E-state index in [0.29, 0.717) is 18.5 Å². The van der Waals surface area contributed by atoms with Crippen molar-refractivity contribution in [2.75, 3.05) is 11.9 Å². The molecule has 1 saturated heterocycles. The minimum absolute atomic E-state index is 0.284. The van der Waals surface area contributed by atoms with E-state index in [9.17, 15) is 18.8 Å². The number of amides is 3. The van der Waals surface area contributed by atoms with Gasteiger partial charge in [0.1, 0.15) is 12.4 Å². The highest BCUT2D eigenvalue weighted by molar-refractivity contribution is 6.08. The molecule has 1 aliphatic heterocycles. The van der Waals surface area contributed by atoms with Crippen LogP contribution in [0.4, 0.5) is 10.1 Å². The quantitative estimate of drug-likeness (QED) is 0.683. The number of imide groups is 1. The molecule has 0 unspecified atom stereocenters. The number of anilines is 1. The summed E-state index contributed by atoms with van der Waals surface area (Å²) in [6.07, 6.45) is 4.89. The topological polar surface area (TPSA) is 66.5 Å². The normalized spacial score (nSPS) is 23.6. The molecule has 1 aliphatic carbocycles. The van der Waals surface area contributed by atoms with Crippen molar-refractivity contribution in [1.82, 2.24) is 4.90 Å². The van der Waals surface area contributed by atoms with Crippen LogP contribution >= 0.6 is 0 Å². The third-order valence-corrected chi connectivity index (χ3v) is 4.03. The molecule has 0 bridgehead atoms. The van der Waals surface area contributed by atoms with Crippen molar-refractivity contribution >= 4 is 23.4 Å². The molecule has 0 aromatic heterocycles. The van der Waals surface area contributed by atoms with Crippen LogP contribution in [0.15, 0.2) is 36.4 Å². The Bertz CT molecular complexity index is 628. The van der Waals surface area contributed by atoms with E-state index >= 15 is 0 Å². The van der Waals surface area contributed by atoms with Crippen LogP contribution < -0.4 is 5.32 Å². The fourth-order valence-corrected chi connectivity index (χ4v) is 2.90. The largest absolute Gasteiger partial charge is 0.325 e. The van der Waals surface area contributed by atoms with E-state index in [1.165, 1.54) is 24.3 Å². The Kier molecular flexibility index (Phi) is 3.75. The standard InChI is InChI=1S/C16H15FN2O3/c17-10-5-7-11(8-6-10)18-14(20)9-19-15(21)12-3-1-2-4-13(12)16(19)22/h1-2,5-8,12-13H,3-4,9H2,(H,18,20)/t12-,13+. The van der Waals surface area contributed by atoms with Gasteiger partial charge in [-0.3, -0.25) is 19.3 Å². The average Bonchev–Trinajstić information content (AvgIpc) is 2.75. The van der Waals surface area contributed by atoms with Crippen LogP contribution in [0.2, 0.25) is 0 Å². The SMILES string of the molecule is O=C(CN1C(=O)[C@H]2CC=CC[C@H]2C1=O)Nc1ccc(F)cc1. The van der Waals surface area contributed by atoms with Crippen molar-refractivity contribution in [3.8, 4) is 0 Å². The second-order valence-electron chi connectivity index (χ2n) is 5.47. The number of rotatable bonds is 3. The van der Waals surface area contributed by atoms with Crippen molar-refractivity contribution < 1.29 is 18.8 Å². The Labute approximate surface area is 126 Å². The second-order valence-corrected chi connectivity index (χ2v) is 5.47. The molecule has 2 aliphatic rings. The fourth-order valence-electron chi connectivity index (χ4n) is 2.90. The maximum atomic E-state index is 12.8. The molecule has 22 heavy (non-hydrogen) atoms. The number of benzene rings is 1. The van der Waals surface area contributed by atoms with Gasteiger partial charge in [-0.25, -0.2) is 4.39 Å². The van der Waals surface area contributed by atoms with Crippen LogP contribution in [0.5, 0.6) is 0 Å². The number of nitrogens with zero attached hydrogens (tertiary/aromatic N) is 1. The summed E-state index contributed by atoms with van der Waals surface area (Å²) < 4.78 is 12.8. The minimum Gasteiger partial charge on any atom is -0.325 e. The van der Waals surface area contributed by atoms with E-state index in [0.717, 1.165) is 4.90 Å². The van der Waals surface area contributed by atoms with Crippen molar-refractivity contribution in [2.45, 2.75) is 12.8 Å². The number of hydrogen-bond donors (Lipinski definition) is 1. The Hall–Kier alpha value is -2.50. The van der Waals surface area contributed by atoms with Crippen molar-refractivity contribution in [3.63, 3.8) is 0 Å². The van der Waals surface area contributed by atoms with Gasteiger partial charge >= 0.3 is 0 Å². The maximum Gasteiger partial charge on any atom is 0.244 e. The van der Waals surface area contributed by atoms with E-state index < -0.39 is 11.7 Å². The summed E-state index contributed by atoms with van der Waals surface area (Å²) in [5.41, 5.74) is 0.421. The molecular weight excluding hydrogens is 287 g/mol. The molecule has 0 saturated carbocycles. The van der Waals surface area contributed by atoms with Gasteiger partial charge in [0.2, 0.25) is 17.7 Å². The van der Waals surface area contributed by atoms with Gasteiger partial charge in [-0.1, -0.05) is 12.2 Å². The number of allylic oxidation sites excluding steroid dienone is 2. The molecule has 2 atom stereocenters. The molecule has 5 nitrogen and oxygen atoms in total. The van der Waals surface area contributed by atoms with Gasteiger partial charge in [-0.05, 0) is 37.1 Å². The van der Waals surface area contributed by atoms with Crippen LogP contribution in [0.25, 0.3) is 0 Å². The summed E-state index contributed by atoms with van der Waals surface area (Å²) in [7, 11) is 0. The molecule has 0 spiro atoms. The molecule has 1 fully saturated rings. The number of likely N-dealkylation sites (tertiary alicyclic amines) is 1. The van der Waals surface area contributed by atoms with Gasteiger partial charge in [0.15, 0.2) is 0 Å². The number of carbonyl (C=O) groups is 3. The van der Waals surface area contributed by atoms with Gasteiger partial charge in [-0.15, -0.1) is 0 Å². The molecule has 0 radical (unpaired) electrons. The third-order valence-electron chi connectivity index (χ3n) is 4.03. The number of carbonyl (C=O) groups excluding carboxylic acids is 3. The van der Waals surface area contributed by atoms with Crippen LogP contribution in [-0.2, 0) is 14.4 Å². The monoisotopic (exact) mass is 302 g/mol. The molecule has 3 amide bonds. The lowest BCUT2D eigenvalue weighted by Crippen LogP contribution is -2.38. The zero-order valence-electron chi connectivity index (χ0n) is 11.8. The van der Waals surface area contributed by atoms with Crippen molar-refractivity contribution in [2.24, 2.45) is 11.8 Å². The third kappa shape index (κ3) is 2.64. The zero-order chi connectivity index (χ0) is 15.7. The Morgan fingerprint density at radius 2 is 1.64 bits per heavy atom. The summed E-state index contributed by atoms with van der Waals surface area (Å²) in [5, 5.41) is 2.55. The van der Waals surface area contributed by atoms with Crippen molar-refractivity contribution in [1.29, 1.82) is 0 Å². The summed E-state index contributed by atoms with van der Waals surface area (Å²) in [6, 6.07) is 5.29. The van der Waals surface area contributed by atoms with Crippen LogP contribution in [0.1, 0.15) is 12.8 Å². The first-order valence-electron chi connectivity index (χ1n) is 7.12. The van der Waals surface area contributed by atoms with Gasteiger partial charge in [-0.2, -0.15) is 0 Å². The maximum absolute atomic E-state index is 12.8. The predicted octanol–water partition coefficient (Wildman–Crippen LogP) is 1.72. The van der Waals surface area contributed by atoms with Gasteiger partial charge < -0.3 is 5.32 Å². The fraction of sp³-hybridized carbons (Fsp3) is 0.312. The lowest BCUT2D eigenvalue weighted by atomic mass is 9.85. The molecule has 6 heteroatoms. The van der Waals surface area contributed by atoms with Crippen LogP contribution in [0, 0.1) is 17.7 Å². The smallest absolute Gasteiger partial charge is 0.244 e. The molecule has 1 heterocycles. The first kappa shape index (κ1) is 14.4. The lowest BCUT2D eigenvalue weighted by molar-refractivity contribution is -0.142. The summed E-state index contributed by atoms with van der Waals surface area (Å²) in [4.78, 5) is 37.5. The highest BCUT2D eigenvalue weighted by atomic mass is 19.1. The number of fused-ring (bicyclic) bond motifs is 1. The highest BCUT2D eigenvalue weighted by Crippen LogP contribution is 2.34. The van der Waals surface area contributed by atoms with Crippen LogP contribution in [0.3, 0.4) is 0 Å². The molecular formula is C16H15FN2O3. The summed E-state index contributed by atoms with van der Waals surface area (Å²) in [6.45, 7) is -0.304. The van der Waals surface area contributed by atoms with E-state index in [1.807, 2.05) is 12.2 Å². The molecule has 3 rings (SSSR count). The van der Waals surface area contributed by atoms with Gasteiger partial charge in [0.25, 0.3) is 0 Å². The zero-order valence-corrected chi connectivity index (χ0v) is 11.8. The second kappa shape index (κ2) is 5.71. The first-order chi connectivity index (χ1) is 10.6. The van der Waals surface area contributed by atoms with Crippen LogP contribution in [-0.4, -0.2) is 29.2 Å². The lowest BCUT2D eigenvalue weighted by Gasteiger charge is -2.14. The van der Waals surface area contributed by atoms with E-state index in [-0.39, 0.29) is 30.2 Å². The molecule has 1 aromatic carbocycles. The van der Waals surface area contributed by atoms with E-state index in [2.05, 4.69) is 5.32 Å².